The molecule has 0 saturated heterocycles. The summed E-state index contributed by atoms with van der Waals surface area (Å²) >= 11 is 3.44. The Kier molecular flexibility index (Phi) is 7.46. The van der Waals surface area contributed by atoms with Crippen molar-refractivity contribution in [3.8, 4) is 16.8 Å². The second kappa shape index (κ2) is 11.3. The number of rotatable bonds is 7. The van der Waals surface area contributed by atoms with E-state index in [0.29, 0.717) is 23.6 Å². The quantitative estimate of drug-likeness (QED) is 0.230. The molecular formula is C33H31BrN6O4S. The summed E-state index contributed by atoms with van der Waals surface area (Å²) in [5.74, 6) is -0.803. The Balaban J connectivity index is 1.19. The largest absolute Gasteiger partial charge is 0.478 e. The van der Waals surface area contributed by atoms with E-state index in [2.05, 4.69) is 38.3 Å². The van der Waals surface area contributed by atoms with Gasteiger partial charge in [0.15, 0.2) is 0 Å². The van der Waals surface area contributed by atoms with Crippen molar-refractivity contribution >= 4 is 31.9 Å². The topological polar surface area (TPSA) is 123 Å². The molecule has 3 heterocycles. The Labute approximate surface area is 269 Å². The second-order valence-electron chi connectivity index (χ2n) is 12.0. The molecule has 3 atom stereocenters. The van der Waals surface area contributed by atoms with Gasteiger partial charge in [0.1, 0.15) is 5.56 Å². The Hall–Kier alpha value is -4.13. The molecule has 0 radical (unpaired) electrons. The van der Waals surface area contributed by atoms with Crippen molar-refractivity contribution in [3.05, 3.63) is 112 Å². The zero-order valence-corrected chi connectivity index (χ0v) is 27.1. The zero-order chi connectivity index (χ0) is 31.5. The highest BCUT2D eigenvalue weighted by molar-refractivity contribution is 9.10. The highest BCUT2D eigenvalue weighted by Crippen LogP contribution is 2.55. The van der Waals surface area contributed by atoms with Gasteiger partial charge in [0.2, 0.25) is 10.0 Å². The molecule has 1 aliphatic carbocycles. The Bertz CT molecular complexity index is 2060. The number of nitrogens with zero attached hydrogens (tertiary/aromatic N) is 6. The summed E-state index contributed by atoms with van der Waals surface area (Å²) in [6, 6.07) is 21.2. The lowest BCUT2D eigenvalue weighted by Crippen LogP contribution is -2.32. The van der Waals surface area contributed by atoms with Gasteiger partial charge in [-0.2, -0.15) is 9.40 Å². The van der Waals surface area contributed by atoms with Crippen LogP contribution in [0.15, 0.2) is 88.5 Å². The number of carbonyl (C=O) groups is 1. The van der Waals surface area contributed by atoms with Crippen molar-refractivity contribution in [3.63, 3.8) is 0 Å². The van der Waals surface area contributed by atoms with Gasteiger partial charge in [0.05, 0.1) is 28.2 Å². The van der Waals surface area contributed by atoms with E-state index in [0.717, 1.165) is 44.5 Å². The smallest absolute Gasteiger partial charge is 0.339 e. The Morgan fingerprint density at radius 1 is 1.04 bits per heavy atom. The summed E-state index contributed by atoms with van der Waals surface area (Å²) in [6.07, 6.45) is 4.75. The summed E-state index contributed by atoms with van der Waals surface area (Å²) in [7, 11) is -1.88. The van der Waals surface area contributed by atoms with Gasteiger partial charge in [-0.3, -0.25) is 4.68 Å². The van der Waals surface area contributed by atoms with Gasteiger partial charge in [-0.15, -0.1) is 5.10 Å². The molecule has 7 rings (SSSR count). The van der Waals surface area contributed by atoms with Crippen molar-refractivity contribution in [2.75, 3.05) is 6.54 Å². The second-order valence-corrected chi connectivity index (χ2v) is 14.9. The van der Waals surface area contributed by atoms with Crippen LogP contribution >= 0.6 is 15.9 Å². The SMILES string of the molecule is C[C@@H]1Cc2ccc(Br)cc2S(=O)(=O)N(Cc2cccc(-c3cccc(-n4ncc(C(=O)O)c4[C@@H]4C[C@H]4c4cn(C)nn4)c3)c2)C1. The molecule has 12 heteroatoms. The van der Waals surface area contributed by atoms with Gasteiger partial charge in [-0.05, 0) is 71.3 Å². The van der Waals surface area contributed by atoms with Gasteiger partial charge in [0.25, 0.3) is 0 Å². The molecule has 0 spiro atoms. The lowest BCUT2D eigenvalue weighted by molar-refractivity contribution is 0.0695. The molecule has 0 bridgehead atoms. The number of fused-ring (bicyclic) bond motifs is 1. The number of hydrogen-bond donors (Lipinski definition) is 1. The Morgan fingerprint density at radius 3 is 2.58 bits per heavy atom. The lowest BCUT2D eigenvalue weighted by atomic mass is 10.0. The molecule has 1 fully saturated rings. The number of aromatic carboxylic acids is 1. The number of benzene rings is 3. The van der Waals surface area contributed by atoms with Crippen LogP contribution in [0.1, 0.15) is 58.1 Å². The van der Waals surface area contributed by atoms with Crippen LogP contribution in [0.4, 0.5) is 0 Å². The number of aromatic nitrogens is 5. The van der Waals surface area contributed by atoms with Gasteiger partial charge in [0, 0.05) is 42.6 Å². The summed E-state index contributed by atoms with van der Waals surface area (Å²) in [5, 5.41) is 22.8. The van der Waals surface area contributed by atoms with Crippen LogP contribution in [0, 0.1) is 5.92 Å². The van der Waals surface area contributed by atoms with E-state index in [1.165, 1.54) is 6.20 Å². The predicted octanol–water partition coefficient (Wildman–Crippen LogP) is 5.78. The van der Waals surface area contributed by atoms with E-state index in [1.807, 2.05) is 73.9 Å². The van der Waals surface area contributed by atoms with Crippen LogP contribution in [-0.4, -0.2) is 55.1 Å². The highest BCUT2D eigenvalue weighted by atomic mass is 79.9. The van der Waals surface area contributed by atoms with Crippen LogP contribution < -0.4 is 0 Å². The normalized spacial score (nSPS) is 20.8. The van der Waals surface area contributed by atoms with Crippen molar-refractivity contribution in [2.24, 2.45) is 13.0 Å². The minimum atomic E-state index is -3.69. The molecule has 3 aromatic carbocycles. The van der Waals surface area contributed by atoms with Crippen LogP contribution in [0.2, 0.25) is 0 Å². The van der Waals surface area contributed by atoms with E-state index < -0.39 is 16.0 Å². The fourth-order valence-corrected chi connectivity index (χ4v) is 8.75. The maximum absolute atomic E-state index is 13.8. The van der Waals surface area contributed by atoms with E-state index in [4.69, 9.17) is 0 Å². The average Bonchev–Trinajstić information content (AvgIpc) is 3.48. The van der Waals surface area contributed by atoms with Crippen LogP contribution in [-0.2, 0) is 30.0 Å². The number of carboxylic acids is 1. The maximum atomic E-state index is 13.8. The summed E-state index contributed by atoms with van der Waals surface area (Å²) < 4.78 is 33.3. The molecule has 1 N–H and O–H groups in total. The van der Waals surface area contributed by atoms with Gasteiger partial charge < -0.3 is 5.11 Å². The molecule has 230 valence electrons. The minimum absolute atomic E-state index is 0.0361. The molecule has 0 amide bonds. The first-order valence-corrected chi connectivity index (χ1v) is 17.0. The minimum Gasteiger partial charge on any atom is -0.478 e. The third-order valence-corrected chi connectivity index (χ3v) is 11.0. The third kappa shape index (κ3) is 5.62. The van der Waals surface area contributed by atoms with E-state index >= 15 is 0 Å². The first-order valence-electron chi connectivity index (χ1n) is 14.7. The van der Waals surface area contributed by atoms with Crippen molar-refractivity contribution in [1.29, 1.82) is 0 Å². The lowest BCUT2D eigenvalue weighted by Gasteiger charge is -2.22. The molecule has 5 aromatic rings. The van der Waals surface area contributed by atoms with Crippen LogP contribution in [0.3, 0.4) is 0 Å². The van der Waals surface area contributed by atoms with E-state index in [-0.39, 0.29) is 29.9 Å². The van der Waals surface area contributed by atoms with Gasteiger partial charge in [-0.1, -0.05) is 64.5 Å². The zero-order valence-electron chi connectivity index (χ0n) is 24.7. The summed E-state index contributed by atoms with van der Waals surface area (Å²) in [5.41, 5.74) is 5.98. The van der Waals surface area contributed by atoms with E-state index in [9.17, 15) is 18.3 Å². The number of halogens is 1. The molecule has 2 aromatic heterocycles. The standard InChI is InChI=1S/C33H31BrN6O4S/c1-20-11-24-9-10-25(34)14-31(24)45(43,44)39(17-20)18-21-5-3-6-22(12-21)23-7-4-8-26(13-23)40-32(29(16-35-40)33(41)42)28-15-27(28)30-19-38(2)37-36-30/h3-10,12-14,16,19-20,27-28H,11,15,17-18H2,1-2H3,(H,41,42)/t20-,27-,28-/m1/s1. The predicted molar refractivity (Wildman–Crippen MR) is 172 cm³/mol. The Morgan fingerprint density at radius 2 is 1.82 bits per heavy atom. The number of hydrogen-bond acceptors (Lipinski definition) is 6. The summed E-state index contributed by atoms with van der Waals surface area (Å²) in [6.45, 7) is 2.76. The first-order chi connectivity index (χ1) is 21.6. The molecular weight excluding hydrogens is 656 g/mol. The summed E-state index contributed by atoms with van der Waals surface area (Å²) in [4.78, 5) is 12.5. The van der Waals surface area contributed by atoms with Crippen molar-refractivity contribution in [1.82, 2.24) is 29.1 Å². The number of sulfonamides is 1. The molecule has 45 heavy (non-hydrogen) atoms. The third-order valence-electron chi connectivity index (χ3n) is 8.62. The molecule has 0 unspecified atom stereocenters. The van der Waals surface area contributed by atoms with E-state index in [1.54, 1.807) is 19.7 Å². The molecule has 2 aliphatic rings. The molecule has 1 aliphatic heterocycles. The fourth-order valence-electron chi connectivity index (χ4n) is 6.43. The van der Waals surface area contributed by atoms with Crippen LogP contribution in [0.25, 0.3) is 16.8 Å². The van der Waals surface area contributed by atoms with Crippen LogP contribution in [0.5, 0.6) is 0 Å². The van der Waals surface area contributed by atoms with Gasteiger partial charge in [-0.25, -0.2) is 17.9 Å². The molecule has 1 saturated carbocycles. The van der Waals surface area contributed by atoms with Crippen molar-refractivity contribution < 1.29 is 18.3 Å². The maximum Gasteiger partial charge on any atom is 0.339 e. The fraction of sp³-hybridized carbons (Fsp3) is 0.273. The monoisotopic (exact) mass is 686 g/mol. The molecule has 10 nitrogen and oxygen atoms in total. The van der Waals surface area contributed by atoms with Crippen molar-refractivity contribution in [2.45, 2.75) is 43.0 Å². The first kappa shape index (κ1) is 29.6. The van der Waals surface area contributed by atoms with Gasteiger partial charge >= 0.3 is 5.97 Å². The highest BCUT2D eigenvalue weighted by Gasteiger charge is 2.46. The number of carboxylic acid groups (broad SMARTS) is 1. The number of aryl methyl sites for hydroxylation is 1. The average molecular weight is 688 g/mol.